The molecule has 1 aliphatic heterocycles. The second-order valence-corrected chi connectivity index (χ2v) is 4.85. The van der Waals surface area contributed by atoms with Crippen LogP contribution in [0.4, 0.5) is 5.69 Å². The summed E-state index contributed by atoms with van der Waals surface area (Å²) in [5, 5.41) is 19.2. The van der Waals surface area contributed by atoms with Gasteiger partial charge in [0.25, 0.3) is 0 Å². The maximum atomic E-state index is 9.94. The molecule has 1 aliphatic rings. The standard InChI is InChI=1S/C14H21NO3/c1-10(17)14-12(4-3-5-13(14)18-2)15-7-6-11(8-15)9-16/h3-5,10-11,16-17H,6-9H2,1-2H3/t10-,11?/m0/s1. The molecule has 1 saturated heterocycles. The second-order valence-electron chi connectivity index (χ2n) is 4.85. The molecule has 1 aromatic carbocycles. The lowest BCUT2D eigenvalue weighted by molar-refractivity contribution is 0.194. The van der Waals surface area contributed by atoms with E-state index in [0.29, 0.717) is 5.92 Å². The SMILES string of the molecule is COc1cccc(N2CCC(CO)C2)c1[C@H](C)O. The highest BCUT2D eigenvalue weighted by molar-refractivity contribution is 5.61. The maximum absolute atomic E-state index is 9.94. The van der Waals surface area contributed by atoms with Gasteiger partial charge in [-0.3, -0.25) is 0 Å². The molecule has 0 saturated carbocycles. The van der Waals surface area contributed by atoms with E-state index in [1.807, 2.05) is 18.2 Å². The van der Waals surface area contributed by atoms with E-state index in [9.17, 15) is 10.2 Å². The van der Waals surface area contributed by atoms with Gasteiger partial charge >= 0.3 is 0 Å². The zero-order chi connectivity index (χ0) is 13.1. The van der Waals surface area contributed by atoms with Crippen molar-refractivity contribution in [1.29, 1.82) is 0 Å². The Morgan fingerprint density at radius 1 is 1.50 bits per heavy atom. The Hall–Kier alpha value is -1.26. The Kier molecular flexibility index (Phi) is 4.09. The van der Waals surface area contributed by atoms with Gasteiger partial charge in [0, 0.05) is 36.9 Å². The smallest absolute Gasteiger partial charge is 0.126 e. The van der Waals surface area contributed by atoms with Crippen LogP contribution in [-0.2, 0) is 0 Å². The van der Waals surface area contributed by atoms with Crippen LogP contribution < -0.4 is 9.64 Å². The van der Waals surface area contributed by atoms with Crippen LogP contribution in [0.2, 0.25) is 0 Å². The van der Waals surface area contributed by atoms with Gasteiger partial charge in [0.15, 0.2) is 0 Å². The van der Waals surface area contributed by atoms with Gasteiger partial charge in [0.1, 0.15) is 5.75 Å². The average molecular weight is 251 g/mol. The van der Waals surface area contributed by atoms with Crippen molar-refractivity contribution in [3.63, 3.8) is 0 Å². The van der Waals surface area contributed by atoms with Gasteiger partial charge in [-0.1, -0.05) is 6.07 Å². The summed E-state index contributed by atoms with van der Waals surface area (Å²) in [6.07, 6.45) is 0.428. The fourth-order valence-corrected chi connectivity index (χ4v) is 2.61. The lowest BCUT2D eigenvalue weighted by Crippen LogP contribution is -2.22. The molecule has 1 unspecified atom stereocenters. The summed E-state index contributed by atoms with van der Waals surface area (Å²) < 4.78 is 5.32. The largest absolute Gasteiger partial charge is 0.496 e. The van der Waals surface area contributed by atoms with Gasteiger partial charge in [-0.15, -0.1) is 0 Å². The van der Waals surface area contributed by atoms with E-state index in [2.05, 4.69) is 4.90 Å². The molecule has 1 heterocycles. The lowest BCUT2D eigenvalue weighted by atomic mass is 10.1. The fraction of sp³-hybridized carbons (Fsp3) is 0.571. The van der Waals surface area contributed by atoms with E-state index in [1.165, 1.54) is 0 Å². The van der Waals surface area contributed by atoms with Crippen molar-refractivity contribution in [3.05, 3.63) is 23.8 Å². The van der Waals surface area contributed by atoms with Gasteiger partial charge in [0.05, 0.1) is 13.2 Å². The first kappa shape index (κ1) is 13.2. The fourth-order valence-electron chi connectivity index (χ4n) is 2.61. The minimum absolute atomic E-state index is 0.227. The third kappa shape index (κ3) is 2.44. The Morgan fingerprint density at radius 2 is 2.28 bits per heavy atom. The highest BCUT2D eigenvalue weighted by Gasteiger charge is 2.25. The van der Waals surface area contributed by atoms with E-state index in [4.69, 9.17) is 4.74 Å². The molecule has 0 spiro atoms. The van der Waals surface area contributed by atoms with Gasteiger partial charge in [-0.2, -0.15) is 0 Å². The molecule has 0 amide bonds. The molecule has 1 aromatic rings. The van der Waals surface area contributed by atoms with Gasteiger partial charge in [-0.25, -0.2) is 0 Å². The molecule has 1 fully saturated rings. The Morgan fingerprint density at radius 3 is 2.83 bits per heavy atom. The lowest BCUT2D eigenvalue weighted by Gasteiger charge is -2.24. The first-order valence-corrected chi connectivity index (χ1v) is 6.38. The van der Waals surface area contributed by atoms with E-state index >= 15 is 0 Å². The number of aliphatic hydroxyl groups excluding tert-OH is 2. The molecule has 0 radical (unpaired) electrons. The summed E-state index contributed by atoms with van der Waals surface area (Å²) in [4.78, 5) is 2.21. The van der Waals surface area contributed by atoms with Crippen molar-refractivity contribution >= 4 is 5.69 Å². The molecule has 2 N–H and O–H groups in total. The van der Waals surface area contributed by atoms with Crippen LogP contribution in [0, 0.1) is 5.92 Å². The number of hydrogen-bond acceptors (Lipinski definition) is 4. The Labute approximate surface area is 108 Å². The topological polar surface area (TPSA) is 52.9 Å². The highest BCUT2D eigenvalue weighted by atomic mass is 16.5. The predicted molar refractivity (Wildman–Crippen MR) is 71.0 cm³/mol. The summed E-state index contributed by atoms with van der Waals surface area (Å²) >= 11 is 0. The molecule has 2 atom stereocenters. The first-order valence-electron chi connectivity index (χ1n) is 6.38. The monoisotopic (exact) mass is 251 g/mol. The summed E-state index contributed by atoms with van der Waals surface area (Å²) in [7, 11) is 1.62. The number of nitrogens with zero attached hydrogens (tertiary/aromatic N) is 1. The third-order valence-corrected chi connectivity index (χ3v) is 3.57. The molecule has 0 aliphatic carbocycles. The van der Waals surface area contributed by atoms with E-state index < -0.39 is 6.10 Å². The summed E-state index contributed by atoms with van der Waals surface area (Å²) in [5.74, 6) is 1.05. The number of methoxy groups -OCH3 is 1. The van der Waals surface area contributed by atoms with Crippen molar-refractivity contribution in [3.8, 4) is 5.75 Å². The van der Waals surface area contributed by atoms with Crippen LogP contribution in [0.15, 0.2) is 18.2 Å². The highest BCUT2D eigenvalue weighted by Crippen LogP contribution is 2.36. The molecule has 0 aromatic heterocycles. The van der Waals surface area contributed by atoms with E-state index in [0.717, 1.165) is 36.5 Å². The minimum atomic E-state index is -0.565. The van der Waals surface area contributed by atoms with Crippen LogP contribution in [0.1, 0.15) is 25.0 Å². The molecular weight excluding hydrogens is 230 g/mol. The normalized spacial score (nSPS) is 21.1. The number of aliphatic hydroxyl groups is 2. The second kappa shape index (κ2) is 5.59. The molecule has 4 heteroatoms. The number of benzene rings is 1. The maximum Gasteiger partial charge on any atom is 0.126 e. The van der Waals surface area contributed by atoms with Crippen LogP contribution in [0.5, 0.6) is 5.75 Å². The summed E-state index contributed by atoms with van der Waals surface area (Å²) in [5.41, 5.74) is 1.85. The van der Waals surface area contributed by atoms with Crippen molar-refractivity contribution < 1.29 is 14.9 Å². The van der Waals surface area contributed by atoms with Crippen molar-refractivity contribution in [2.45, 2.75) is 19.4 Å². The van der Waals surface area contributed by atoms with Crippen molar-refractivity contribution in [2.24, 2.45) is 5.92 Å². The molecule has 100 valence electrons. The van der Waals surface area contributed by atoms with Gasteiger partial charge < -0.3 is 19.8 Å². The predicted octanol–water partition coefficient (Wildman–Crippen LogP) is 1.57. The molecule has 2 rings (SSSR count). The number of rotatable bonds is 4. The number of ether oxygens (including phenoxy) is 1. The molecule has 18 heavy (non-hydrogen) atoms. The Balaban J connectivity index is 2.32. The van der Waals surface area contributed by atoms with Crippen molar-refractivity contribution in [2.75, 3.05) is 31.7 Å². The zero-order valence-electron chi connectivity index (χ0n) is 11.0. The van der Waals surface area contributed by atoms with Crippen LogP contribution >= 0.6 is 0 Å². The summed E-state index contributed by atoms with van der Waals surface area (Å²) in [6, 6.07) is 5.81. The number of anilines is 1. The van der Waals surface area contributed by atoms with E-state index in [1.54, 1.807) is 14.0 Å². The number of hydrogen-bond donors (Lipinski definition) is 2. The Bertz CT molecular complexity index is 406. The average Bonchev–Trinajstić information content (AvgIpc) is 2.86. The van der Waals surface area contributed by atoms with Crippen LogP contribution in [0.3, 0.4) is 0 Å². The quantitative estimate of drug-likeness (QED) is 0.853. The van der Waals surface area contributed by atoms with Crippen LogP contribution in [0.25, 0.3) is 0 Å². The van der Waals surface area contributed by atoms with Gasteiger partial charge in [-0.05, 0) is 25.5 Å². The first-order chi connectivity index (χ1) is 8.67. The third-order valence-electron chi connectivity index (χ3n) is 3.57. The zero-order valence-corrected chi connectivity index (χ0v) is 11.0. The molecule has 0 bridgehead atoms. The van der Waals surface area contributed by atoms with Gasteiger partial charge in [0.2, 0.25) is 0 Å². The van der Waals surface area contributed by atoms with Crippen molar-refractivity contribution in [1.82, 2.24) is 0 Å². The van der Waals surface area contributed by atoms with Crippen LogP contribution in [-0.4, -0.2) is 37.0 Å². The van der Waals surface area contributed by atoms with E-state index in [-0.39, 0.29) is 6.61 Å². The molecular formula is C14H21NO3. The summed E-state index contributed by atoms with van der Waals surface area (Å²) in [6.45, 7) is 3.73. The molecule has 4 nitrogen and oxygen atoms in total. The minimum Gasteiger partial charge on any atom is -0.496 e.